The predicted molar refractivity (Wildman–Crippen MR) is 104 cm³/mol. The number of nitrogens with zero attached hydrogens (tertiary/aromatic N) is 2. The Morgan fingerprint density at radius 2 is 1.71 bits per heavy atom. The van der Waals surface area contributed by atoms with Crippen LogP contribution in [0.25, 0.3) is 10.9 Å². The minimum atomic E-state index is -0.687. The number of nitro groups is 1. The van der Waals surface area contributed by atoms with Crippen LogP contribution in [0.1, 0.15) is 21.6 Å². The maximum atomic E-state index is 12.5. The fourth-order valence-electron chi connectivity index (χ4n) is 2.67. The van der Waals surface area contributed by atoms with Gasteiger partial charge in [-0.3, -0.25) is 25.3 Å². The van der Waals surface area contributed by atoms with Crippen LogP contribution in [0.3, 0.4) is 0 Å². The van der Waals surface area contributed by atoms with Gasteiger partial charge in [-0.2, -0.15) is 0 Å². The number of hydrogen-bond acceptors (Lipinski definition) is 5. The molecule has 3 amide bonds. The predicted octanol–water partition coefficient (Wildman–Crippen LogP) is 3.23. The smallest absolute Gasteiger partial charge is 0.307 e. The van der Waals surface area contributed by atoms with Crippen LogP contribution in [0.4, 0.5) is 16.2 Å². The summed E-state index contributed by atoms with van der Waals surface area (Å²) in [5, 5.41) is 13.8. The molecule has 2 aromatic carbocycles. The number of aryl methyl sites for hydroxylation is 2. The van der Waals surface area contributed by atoms with E-state index in [1.54, 1.807) is 13.0 Å². The molecular weight excluding hydrogens is 362 g/mol. The molecule has 0 radical (unpaired) electrons. The van der Waals surface area contributed by atoms with Gasteiger partial charge >= 0.3 is 6.03 Å². The Labute approximate surface area is 159 Å². The Morgan fingerprint density at radius 1 is 1.00 bits per heavy atom. The van der Waals surface area contributed by atoms with Gasteiger partial charge in [-0.15, -0.1) is 0 Å². The number of amides is 3. The average molecular weight is 379 g/mol. The molecule has 0 aliphatic heterocycles. The molecule has 0 fully saturated rings. The van der Waals surface area contributed by atoms with Crippen LogP contribution >= 0.6 is 0 Å². The van der Waals surface area contributed by atoms with E-state index in [2.05, 4.69) is 21.2 Å². The number of hydrogen-bond donors (Lipinski definition) is 3. The largest absolute Gasteiger partial charge is 0.337 e. The number of nitrogens with one attached hydrogen (secondary N) is 3. The molecule has 0 unspecified atom stereocenters. The first-order valence-corrected chi connectivity index (χ1v) is 8.33. The highest BCUT2D eigenvalue weighted by Gasteiger charge is 2.13. The van der Waals surface area contributed by atoms with Gasteiger partial charge in [0.2, 0.25) is 0 Å². The van der Waals surface area contributed by atoms with E-state index in [1.807, 2.05) is 25.1 Å². The van der Waals surface area contributed by atoms with Gasteiger partial charge in [-0.05, 0) is 44.2 Å². The van der Waals surface area contributed by atoms with Crippen LogP contribution in [0.15, 0.2) is 48.5 Å². The molecule has 3 rings (SSSR count). The van der Waals surface area contributed by atoms with Crippen LogP contribution in [0.5, 0.6) is 0 Å². The number of anilines is 1. The molecule has 0 aliphatic carbocycles. The molecule has 0 aliphatic rings. The van der Waals surface area contributed by atoms with Gasteiger partial charge in [0.15, 0.2) is 0 Å². The zero-order valence-corrected chi connectivity index (χ0v) is 15.1. The number of aromatic nitrogens is 1. The van der Waals surface area contributed by atoms with Crippen molar-refractivity contribution in [1.82, 2.24) is 15.8 Å². The number of pyridine rings is 1. The molecule has 3 N–H and O–H groups in total. The lowest BCUT2D eigenvalue weighted by Gasteiger charge is -2.11. The Bertz CT molecular complexity index is 1080. The monoisotopic (exact) mass is 379 g/mol. The lowest BCUT2D eigenvalue weighted by molar-refractivity contribution is -0.384. The highest BCUT2D eigenvalue weighted by Crippen LogP contribution is 2.20. The van der Waals surface area contributed by atoms with Crippen LogP contribution in [0, 0.1) is 24.0 Å². The third-order valence-corrected chi connectivity index (χ3v) is 3.96. The zero-order valence-electron chi connectivity index (χ0n) is 15.1. The fraction of sp³-hybridized carbons (Fsp3) is 0.105. The molecule has 9 heteroatoms. The maximum Gasteiger partial charge on any atom is 0.337 e. The summed E-state index contributed by atoms with van der Waals surface area (Å²) in [5.41, 5.74) is 7.61. The first kappa shape index (κ1) is 18.8. The molecule has 1 aromatic heterocycles. The molecule has 0 bridgehead atoms. The van der Waals surface area contributed by atoms with Crippen molar-refractivity contribution in [2.75, 3.05) is 5.32 Å². The second-order valence-electron chi connectivity index (χ2n) is 6.17. The first-order chi connectivity index (χ1) is 13.3. The minimum absolute atomic E-state index is 0.0884. The SMILES string of the molecule is Cc1ccc2nc(C)cc(C(=O)NNC(=O)Nc3ccc([N+](=O)[O-])cc3)c2c1. The standard InChI is InChI=1S/C19H17N5O4/c1-11-3-8-17-15(9-11)16(10-12(2)20-17)18(25)22-23-19(26)21-13-4-6-14(7-5-13)24(27)28/h3-10H,1-2H3,(H,22,25)(H2,21,23,26). The number of carbonyl (C=O) groups is 2. The Kier molecular flexibility index (Phi) is 5.16. The highest BCUT2D eigenvalue weighted by molar-refractivity contribution is 6.07. The molecule has 1 heterocycles. The van der Waals surface area contributed by atoms with Crippen molar-refractivity contribution in [1.29, 1.82) is 0 Å². The molecule has 3 aromatic rings. The molecule has 9 nitrogen and oxygen atoms in total. The number of fused-ring (bicyclic) bond motifs is 1. The Morgan fingerprint density at radius 3 is 2.39 bits per heavy atom. The van der Waals surface area contributed by atoms with Crippen molar-refractivity contribution in [2.24, 2.45) is 0 Å². The molecule has 142 valence electrons. The average Bonchev–Trinajstić information content (AvgIpc) is 2.66. The minimum Gasteiger partial charge on any atom is -0.307 e. The second-order valence-corrected chi connectivity index (χ2v) is 6.17. The molecular formula is C19H17N5O4. The number of non-ortho nitro benzene ring substituents is 1. The number of hydrazine groups is 1. The van der Waals surface area contributed by atoms with Crippen LogP contribution in [0.2, 0.25) is 0 Å². The zero-order chi connectivity index (χ0) is 20.3. The van der Waals surface area contributed by atoms with Crippen molar-refractivity contribution in [3.63, 3.8) is 0 Å². The van der Waals surface area contributed by atoms with Gasteiger partial charge < -0.3 is 5.32 Å². The van der Waals surface area contributed by atoms with Gasteiger partial charge in [-0.1, -0.05) is 11.6 Å². The van der Waals surface area contributed by atoms with Crippen molar-refractivity contribution >= 4 is 34.2 Å². The normalized spacial score (nSPS) is 10.4. The third kappa shape index (κ3) is 4.21. The third-order valence-electron chi connectivity index (χ3n) is 3.96. The molecule has 0 atom stereocenters. The van der Waals surface area contributed by atoms with Crippen molar-refractivity contribution in [2.45, 2.75) is 13.8 Å². The van der Waals surface area contributed by atoms with E-state index >= 15 is 0 Å². The number of rotatable bonds is 3. The van der Waals surface area contributed by atoms with Crippen molar-refractivity contribution in [3.8, 4) is 0 Å². The lowest BCUT2D eigenvalue weighted by Crippen LogP contribution is -2.44. The summed E-state index contributed by atoms with van der Waals surface area (Å²) in [7, 11) is 0. The van der Waals surface area contributed by atoms with Gasteiger partial charge in [-0.25, -0.2) is 10.2 Å². The van der Waals surface area contributed by atoms with E-state index in [9.17, 15) is 19.7 Å². The number of benzene rings is 2. The van der Waals surface area contributed by atoms with Gasteiger partial charge in [0.1, 0.15) is 0 Å². The quantitative estimate of drug-likeness (QED) is 0.476. The van der Waals surface area contributed by atoms with E-state index in [0.29, 0.717) is 27.8 Å². The summed E-state index contributed by atoms with van der Waals surface area (Å²) in [6.07, 6.45) is 0. The Balaban J connectivity index is 1.68. The molecule has 0 spiro atoms. The summed E-state index contributed by atoms with van der Waals surface area (Å²) in [4.78, 5) is 39.0. The number of nitro benzene ring substituents is 1. The van der Waals surface area contributed by atoms with Crippen LogP contribution in [-0.2, 0) is 0 Å². The summed E-state index contributed by atoms with van der Waals surface area (Å²) < 4.78 is 0. The molecule has 0 saturated heterocycles. The maximum absolute atomic E-state index is 12.5. The van der Waals surface area contributed by atoms with E-state index in [1.165, 1.54) is 24.3 Å². The summed E-state index contributed by atoms with van der Waals surface area (Å²) in [6.45, 7) is 3.70. The first-order valence-electron chi connectivity index (χ1n) is 8.33. The van der Waals surface area contributed by atoms with Gasteiger partial charge in [0, 0.05) is 28.9 Å². The van der Waals surface area contributed by atoms with E-state index in [4.69, 9.17) is 0 Å². The van der Waals surface area contributed by atoms with Crippen molar-refractivity contribution in [3.05, 3.63) is 75.5 Å². The van der Waals surface area contributed by atoms with E-state index in [0.717, 1.165) is 5.56 Å². The highest BCUT2D eigenvalue weighted by atomic mass is 16.6. The Hall–Kier alpha value is -4.01. The molecule has 28 heavy (non-hydrogen) atoms. The van der Waals surface area contributed by atoms with Crippen LogP contribution in [-0.4, -0.2) is 21.8 Å². The van der Waals surface area contributed by atoms with E-state index in [-0.39, 0.29) is 5.69 Å². The number of carbonyl (C=O) groups excluding carboxylic acids is 2. The lowest BCUT2D eigenvalue weighted by atomic mass is 10.0. The van der Waals surface area contributed by atoms with Crippen molar-refractivity contribution < 1.29 is 14.5 Å². The number of urea groups is 1. The van der Waals surface area contributed by atoms with Gasteiger partial charge in [0.05, 0.1) is 16.0 Å². The molecule has 0 saturated carbocycles. The van der Waals surface area contributed by atoms with Gasteiger partial charge in [0.25, 0.3) is 11.6 Å². The topological polar surface area (TPSA) is 126 Å². The second kappa shape index (κ2) is 7.70. The summed E-state index contributed by atoms with van der Waals surface area (Å²) in [6, 6.07) is 11.9. The van der Waals surface area contributed by atoms with E-state index < -0.39 is 16.9 Å². The summed E-state index contributed by atoms with van der Waals surface area (Å²) in [5.74, 6) is -0.486. The summed E-state index contributed by atoms with van der Waals surface area (Å²) >= 11 is 0. The van der Waals surface area contributed by atoms with Crippen LogP contribution < -0.4 is 16.2 Å². The fourth-order valence-corrected chi connectivity index (χ4v) is 2.67.